The van der Waals surface area contributed by atoms with Crippen LogP contribution in [-0.2, 0) is 0 Å². The van der Waals surface area contributed by atoms with E-state index in [1.165, 1.54) is 0 Å². The van der Waals surface area contributed by atoms with E-state index in [1.807, 2.05) is 45.4 Å². The second-order valence-corrected chi connectivity index (χ2v) is 8.39. The van der Waals surface area contributed by atoms with Crippen LogP contribution in [0.4, 0.5) is 5.13 Å². The minimum atomic E-state index is 0.0377. The average molecular weight is 416 g/mol. The lowest BCUT2D eigenvalue weighted by atomic mass is 10.0. The molecule has 0 unspecified atom stereocenters. The maximum absolute atomic E-state index is 13.2. The molecule has 0 atom stereocenters. The second-order valence-electron chi connectivity index (χ2n) is 7.08. The maximum Gasteiger partial charge on any atom is 0.257 e. The highest BCUT2D eigenvalue weighted by Gasteiger charge is 2.28. The van der Waals surface area contributed by atoms with Crippen LogP contribution in [0.15, 0.2) is 42.0 Å². The Balaban J connectivity index is 1.56. The summed E-state index contributed by atoms with van der Waals surface area (Å²) in [5.74, 6) is 0.188. The molecule has 3 aromatic rings. The van der Waals surface area contributed by atoms with E-state index in [2.05, 4.69) is 28.8 Å². The quantitative estimate of drug-likeness (QED) is 0.644. The zero-order chi connectivity index (χ0) is 19.7. The molecular formula is C20H22ClN5OS. The number of amides is 1. The minimum absolute atomic E-state index is 0.0377. The first-order valence-electron chi connectivity index (χ1n) is 9.32. The molecule has 1 fully saturated rings. The fraction of sp³-hybridized carbons (Fsp3) is 0.350. The molecule has 0 aliphatic carbocycles. The van der Waals surface area contributed by atoms with Gasteiger partial charge in [-0.25, -0.2) is 9.67 Å². The van der Waals surface area contributed by atoms with E-state index >= 15 is 0 Å². The Labute approximate surface area is 173 Å². The first-order chi connectivity index (χ1) is 13.5. The zero-order valence-electron chi connectivity index (χ0n) is 15.9. The van der Waals surface area contributed by atoms with Gasteiger partial charge in [0.2, 0.25) is 0 Å². The predicted molar refractivity (Wildman–Crippen MR) is 113 cm³/mol. The summed E-state index contributed by atoms with van der Waals surface area (Å²) < 4.78 is 1.83. The van der Waals surface area contributed by atoms with Crippen LogP contribution in [0.25, 0.3) is 5.69 Å². The van der Waals surface area contributed by atoms with Gasteiger partial charge in [-0.3, -0.25) is 4.79 Å². The standard InChI is InChI=1S/C20H22ClN5OS/c1-14(2)18-17(13-23-26(18)16-5-3-4-15(21)12-16)19(27)24-7-9-25(10-8-24)20-22-6-11-28-20/h3-6,11-14H,7-10H2,1-2H3. The highest BCUT2D eigenvalue weighted by Crippen LogP contribution is 2.26. The van der Waals surface area contributed by atoms with Crippen molar-refractivity contribution in [3.05, 3.63) is 58.3 Å². The summed E-state index contributed by atoms with van der Waals surface area (Å²) in [5.41, 5.74) is 2.44. The van der Waals surface area contributed by atoms with Crippen molar-refractivity contribution in [3.8, 4) is 5.69 Å². The Morgan fingerprint density at radius 2 is 2.00 bits per heavy atom. The van der Waals surface area contributed by atoms with E-state index in [1.54, 1.807) is 17.5 Å². The highest BCUT2D eigenvalue weighted by molar-refractivity contribution is 7.13. The molecule has 0 saturated carbocycles. The summed E-state index contributed by atoms with van der Waals surface area (Å²) >= 11 is 7.78. The third kappa shape index (κ3) is 3.64. The predicted octanol–water partition coefficient (Wildman–Crippen LogP) is 4.07. The van der Waals surface area contributed by atoms with E-state index in [0.717, 1.165) is 29.6 Å². The van der Waals surface area contributed by atoms with Gasteiger partial charge in [0.05, 0.1) is 23.1 Å². The summed E-state index contributed by atoms with van der Waals surface area (Å²) in [6.07, 6.45) is 3.50. The van der Waals surface area contributed by atoms with Crippen LogP contribution in [0, 0.1) is 0 Å². The molecule has 1 aliphatic rings. The number of aromatic nitrogens is 3. The molecule has 1 amide bonds. The molecule has 1 aliphatic heterocycles. The number of carbonyl (C=O) groups is 1. The van der Waals surface area contributed by atoms with E-state index in [0.29, 0.717) is 23.7 Å². The topological polar surface area (TPSA) is 54.3 Å². The molecule has 0 bridgehead atoms. The number of piperazine rings is 1. The van der Waals surface area contributed by atoms with Gasteiger partial charge in [-0.2, -0.15) is 5.10 Å². The monoisotopic (exact) mass is 415 g/mol. The Hall–Kier alpha value is -2.38. The molecule has 6 nitrogen and oxygen atoms in total. The molecule has 1 aromatic carbocycles. The Morgan fingerprint density at radius 1 is 1.21 bits per heavy atom. The van der Waals surface area contributed by atoms with Crippen molar-refractivity contribution < 1.29 is 4.79 Å². The van der Waals surface area contributed by atoms with E-state index in [-0.39, 0.29) is 11.8 Å². The fourth-order valence-corrected chi connectivity index (χ4v) is 4.42. The molecule has 2 aromatic heterocycles. The number of halogens is 1. The lowest BCUT2D eigenvalue weighted by Gasteiger charge is -2.34. The van der Waals surface area contributed by atoms with Crippen molar-refractivity contribution in [1.82, 2.24) is 19.7 Å². The molecule has 8 heteroatoms. The molecule has 4 rings (SSSR count). The number of nitrogens with zero attached hydrogens (tertiary/aromatic N) is 5. The van der Waals surface area contributed by atoms with Gasteiger partial charge in [-0.05, 0) is 24.1 Å². The Kier molecular flexibility index (Phi) is 5.37. The van der Waals surface area contributed by atoms with Crippen LogP contribution in [0.5, 0.6) is 0 Å². The van der Waals surface area contributed by atoms with Crippen LogP contribution >= 0.6 is 22.9 Å². The normalized spacial score (nSPS) is 14.7. The number of hydrogen-bond donors (Lipinski definition) is 0. The fourth-order valence-electron chi connectivity index (χ4n) is 3.54. The SMILES string of the molecule is CC(C)c1c(C(=O)N2CCN(c3nccs3)CC2)cnn1-c1cccc(Cl)c1. The zero-order valence-corrected chi connectivity index (χ0v) is 17.5. The van der Waals surface area contributed by atoms with Gasteiger partial charge in [0.25, 0.3) is 5.91 Å². The molecule has 0 radical (unpaired) electrons. The Bertz CT molecular complexity index is 961. The van der Waals surface area contributed by atoms with Crippen molar-refractivity contribution in [1.29, 1.82) is 0 Å². The minimum Gasteiger partial charge on any atom is -0.345 e. The van der Waals surface area contributed by atoms with Crippen molar-refractivity contribution in [2.24, 2.45) is 0 Å². The average Bonchev–Trinajstić information content (AvgIpc) is 3.37. The molecular weight excluding hydrogens is 394 g/mol. The third-order valence-electron chi connectivity index (χ3n) is 4.89. The van der Waals surface area contributed by atoms with Gasteiger partial charge in [0, 0.05) is 42.8 Å². The Morgan fingerprint density at radius 3 is 2.64 bits per heavy atom. The molecule has 3 heterocycles. The molecule has 0 N–H and O–H groups in total. The second kappa shape index (κ2) is 7.93. The van der Waals surface area contributed by atoms with Gasteiger partial charge in [0.15, 0.2) is 5.13 Å². The lowest BCUT2D eigenvalue weighted by Crippen LogP contribution is -2.49. The summed E-state index contributed by atoms with van der Waals surface area (Å²) in [5, 5.41) is 8.15. The maximum atomic E-state index is 13.2. The largest absolute Gasteiger partial charge is 0.345 e. The van der Waals surface area contributed by atoms with Crippen molar-refractivity contribution in [2.45, 2.75) is 19.8 Å². The van der Waals surface area contributed by atoms with Crippen LogP contribution < -0.4 is 4.90 Å². The van der Waals surface area contributed by atoms with Crippen molar-refractivity contribution in [2.75, 3.05) is 31.1 Å². The van der Waals surface area contributed by atoms with Gasteiger partial charge in [-0.15, -0.1) is 11.3 Å². The number of rotatable bonds is 4. The van der Waals surface area contributed by atoms with Crippen molar-refractivity contribution >= 4 is 34.0 Å². The summed E-state index contributed by atoms with van der Waals surface area (Å²) in [7, 11) is 0. The molecule has 0 spiro atoms. The van der Waals surface area contributed by atoms with Gasteiger partial charge >= 0.3 is 0 Å². The van der Waals surface area contributed by atoms with Crippen LogP contribution in [0.3, 0.4) is 0 Å². The molecule has 28 heavy (non-hydrogen) atoms. The number of thiazole rings is 1. The van der Waals surface area contributed by atoms with Crippen LogP contribution in [0.1, 0.15) is 35.8 Å². The van der Waals surface area contributed by atoms with Gasteiger partial charge < -0.3 is 9.80 Å². The van der Waals surface area contributed by atoms with Crippen LogP contribution in [-0.4, -0.2) is 51.8 Å². The van der Waals surface area contributed by atoms with Crippen LogP contribution in [0.2, 0.25) is 5.02 Å². The van der Waals surface area contributed by atoms with E-state index < -0.39 is 0 Å². The molecule has 146 valence electrons. The first kappa shape index (κ1) is 19.0. The summed E-state index contributed by atoms with van der Waals surface area (Å²) in [6, 6.07) is 7.54. The smallest absolute Gasteiger partial charge is 0.257 e. The van der Waals surface area contributed by atoms with E-state index in [4.69, 9.17) is 11.6 Å². The summed E-state index contributed by atoms with van der Waals surface area (Å²) in [6.45, 7) is 7.10. The third-order valence-corrected chi connectivity index (χ3v) is 5.96. The lowest BCUT2D eigenvalue weighted by molar-refractivity contribution is 0.0745. The number of carbonyl (C=O) groups excluding carboxylic acids is 1. The number of benzene rings is 1. The summed E-state index contributed by atoms with van der Waals surface area (Å²) in [4.78, 5) is 21.8. The van der Waals surface area contributed by atoms with Crippen molar-refractivity contribution in [3.63, 3.8) is 0 Å². The van der Waals surface area contributed by atoms with Gasteiger partial charge in [0.1, 0.15) is 0 Å². The van der Waals surface area contributed by atoms with E-state index in [9.17, 15) is 4.79 Å². The highest BCUT2D eigenvalue weighted by atomic mass is 35.5. The number of hydrogen-bond acceptors (Lipinski definition) is 5. The van der Waals surface area contributed by atoms with Gasteiger partial charge in [-0.1, -0.05) is 31.5 Å². The first-order valence-corrected chi connectivity index (χ1v) is 10.6. The molecule has 1 saturated heterocycles. The number of anilines is 1.